The number of rotatable bonds is 9. The lowest BCUT2D eigenvalue weighted by Gasteiger charge is -2.21. The molecule has 2 aromatic rings. The van der Waals surface area contributed by atoms with Gasteiger partial charge in [0.1, 0.15) is 11.8 Å². The summed E-state index contributed by atoms with van der Waals surface area (Å²) in [5.74, 6) is -0.902. The Hall–Kier alpha value is -4.31. The second-order valence-electron chi connectivity index (χ2n) is 5.90. The first-order valence-corrected chi connectivity index (χ1v) is 8.96. The molecule has 0 spiro atoms. The zero-order valence-corrected chi connectivity index (χ0v) is 16.2. The molecule has 10 nitrogen and oxygen atoms in total. The van der Waals surface area contributed by atoms with Gasteiger partial charge in [-0.25, -0.2) is 4.79 Å². The maximum absolute atomic E-state index is 12.1. The number of ether oxygens (including phenoxy) is 1. The molecule has 0 unspecified atom stereocenters. The SMILES string of the molecule is CCN(CCC#N)c1ccc(/N=N/c2ccc([N+](=O)[O-])cc2C(=O)OCC#N)cc1. The first-order valence-electron chi connectivity index (χ1n) is 8.96. The van der Waals surface area contributed by atoms with Crippen molar-refractivity contribution in [3.63, 3.8) is 0 Å². The van der Waals surface area contributed by atoms with Crippen molar-refractivity contribution in [3.05, 3.63) is 58.1 Å². The van der Waals surface area contributed by atoms with E-state index in [1.807, 2.05) is 24.0 Å². The van der Waals surface area contributed by atoms with E-state index in [9.17, 15) is 14.9 Å². The minimum Gasteiger partial charge on any atom is -0.447 e. The number of hydrogen-bond acceptors (Lipinski definition) is 9. The lowest BCUT2D eigenvalue weighted by Crippen LogP contribution is -2.23. The summed E-state index contributed by atoms with van der Waals surface area (Å²) in [4.78, 5) is 24.5. The molecule has 2 aromatic carbocycles. The summed E-state index contributed by atoms with van der Waals surface area (Å²) in [6.07, 6.45) is 0.417. The predicted molar refractivity (Wildman–Crippen MR) is 108 cm³/mol. The fourth-order valence-electron chi connectivity index (χ4n) is 2.56. The number of nitrogens with zero attached hydrogens (tertiary/aromatic N) is 6. The number of hydrogen-bond donors (Lipinski definition) is 0. The molecule has 0 fully saturated rings. The summed E-state index contributed by atoms with van der Waals surface area (Å²) in [5.41, 5.74) is 1.05. The van der Waals surface area contributed by atoms with Crippen molar-refractivity contribution in [2.45, 2.75) is 13.3 Å². The van der Waals surface area contributed by atoms with Crippen LogP contribution in [0.3, 0.4) is 0 Å². The van der Waals surface area contributed by atoms with Gasteiger partial charge in [0.05, 0.1) is 28.7 Å². The molecule has 152 valence electrons. The molecular weight excluding hydrogens is 388 g/mol. The van der Waals surface area contributed by atoms with Gasteiger partial charge in [-0.2, -0.15) is 15.6 Å². The molecule has 0 aliphatic carbocycles. The minimum absolute atomic E-state index is 0.0804. The van der Waals surface area contributed by atoms with E-state index < -0.39 is 17.5 Å². The summed E-state index contributed by atoms with van der Waals surface area (Å²) in [5, 5.41) is 36.4. The largest absolute Gasteiger partial charge is 0.447 e. The molecule has 0 radical (unpaired) electrons. The minimum atomic E-state index is -0.902. The van der Waals surface area contributed by atoms with Gasteiger partial charge in [-0.15, -0.1) is 5.11 Å². The maximum Gasteiger partial charge on any atom is 0.341 e. The fourth-order valence-corrected chi connectivity index (χ4v) is 2.56. The Balaban J connectivity index is 2.26. The molecule has 0 saturated carbocycles. The number of nitriles is 2. The van der Waals surface area contributed by atoms with Crippen LogP contribution in [0.1, 0.15) is 23.7 Å². The van der Waals surface area contributed by atoms with E-state index >= 15 is 0 Å². The Labute approximate surface area is 172 Å². The zero-order valence-electron chi connectivity index (χ0n) is 16.2. The van der Waals surface area contributed by atoms with E-state index in [-0.39, 0.29) is 16.9 Å². The van der Waals surface area contributed by atoms with Gasteiger partial charge in [0, 0.05) is 30.9 Å². The van der Waals surface area contributed by atoms with Crippen molar-refractivity contribution in [2.75, 3.05) is 24.6 Å². The number of azo groups is 1. The van der Waals surface area contributed by atoms with Crippen molar-refractivity contribution in [1.82, 2.24) is 0 Å². The topological polar surface area (TPSA) is 145 Å². The molecule has 0 saturated heterocycles. The smallest absolute Gasteiger partial charge is 0.341 e. The normalized spacial score (nSPS) is 10.2. The van der Waals surface area contributed by atoms with Crippen LogP contribution in [-0.2, 0) is 4.74 Å². The number of anilines is 1. The molecule has 0 heterocycles. The third-order valence-electron chi connectivity index (χ3n) is 4.04. The Morgan fingerprint density at radius 1 is 1.17 bits per heavy atom. The quantitative estimate of drug-likeness (QED) is 0.259. The first kappa shape index (κ1) is 22.0. The highest BCUT2D eigenvalue weighted by molar-refractivity contribution is 5.95. The molecule has 0 atom stereocenters. The van der Waals surface area contributed by atoms with Crippen LogP contribution in [0.25, 0.3) is 0 Å². The lowest BCUT2D eigenvalue weighted by atomic mass is 10.1. The Morgan fingerprint density at radius 3 is 2.50 bits per heavy atom. The van der Waals surface area contributed by atoms with Gasteiger partial charge in [0.2, 0.25) is 0 Å². The highest BCUT2D eigenvalue weighted by atomic mass is 16.6. The van der Waals surface area contributed by atoms with Crippen molar-refractivity contribution in [3.8, 4) is 12.1 Å². The molecule has 0 aliphatic heterocycles. The van der Waals surface area contributed by atoms with E-state index in [1.165, 1.54) is 12.1 Å². The molecule has 0 bridgehead atoms. The number of nitro benzene ring substituents is 1. The predicted octanol–water partition coefficient (Wildman–Crippen LogP) is 4.43. The van der Waals surface area contributed by atoms with Crippen molar-refractivity contribution < 1.29 is 14.5 Å². The molecular formula is C20H18N6O4. The third kappa shape index (κ3) is 5.84. The maximum atomic E-state index is 12.1. The number of non-ortho nitro benzene ring substituents is 1. The molecule has 0 N–H and O–H groups in total. The summed E-state index contributed by atoms with van der Waals surface area (Å²) in [7, 11) is 0. The summed E-state index contributed by atoms with van der Waals surface area (Å²) in [6, 6.07) is 14.4. The van der Waals surface area contributed by atoms with E-state index in [1.54, 1.807) is 18.2 Å². The van der Waals surface area contributed by atoms with E-state index in [2.05, 4.69) is 16.3 Å². The van der Waals surface area contributed by atoms with Crippen LogP contribution in [0.15, 0.2) is 52.7 Å². The van der Waals surface area contributed by atoms with Gasteiger partial charge in [-0.3, -0.25) is 10.1 Å². The van der Waals surface area contributed by atoms with Crippen LogP contribution in [0, 0.1) is 32.8 Å². The van der Waals surface area contributed by atoms with Gasteiger partial charge in [0.15, 0.2) is 6.61 Å². The number of benzene rings is 2. The van der Waals surface area contributed by atoms with Crippen LogP contribution in [0.5, 0.6) is 0 Å². The number of nitro groups is 1. The molecule has 10 heteroatoms. The number of carbonyl (C=O) groups is 1. The summed E-state index contributed by atoms with van der Waals surface area (Å²) in [6.45, 7) is 2.87. The monoisotopic (exact) mass is 406 g/mol. The molecule has 2 rings (SSSR count). The zero-order chi connectivity index (χ0) is 21.9. The molecule has 30 heavy (non-hydrogen) atoms. The van der Waals surface area contributed by atoms with Crippen LogP contribution in [0.2, 0.25) is 0 Å². The van der Waals surface area contributed by atoms with Crippen molar-refractivity contribution >= 4 is 28.7 Å². The number of carbonyl (C=O) groups excluding carboxylic acids is 1. The second kappa shape index (κ2) is 10.9. The highest BCUT2D eigenvalue weighted by Crippen LogP contribution is 2.28. The molecule has 0 aromatic heterocycles. The van der Waals surface area contributed by atoms with E-state index in [0.717, 1.165) is 18.3 Å². The van der Waals surface area contributed by atoms with Gasteiger partial charge >= 0.3 is 5.97 Å². The molecule has 0 aliphatic rings. The number of esters is 1. The third-order valence-corrected chi connectivity index (χ3v) is 4.04. The van der Waals surface area contributed by atoms with Crippen LogP contribution in [-0.4, -0.2) is 30.6 Å². The lowest BCUT2D eigenvalue weighted by molar-refractivity contribution is -0.384. The summed E-state index contributed by atoms with van der Waals surface area (Å²) >= 11 is 0. The van der Waals surface area contributed by atoms with E-state index in [4.69, 9.17) is 15.3 Å². The van der Waals surface area contributed by atoms with Crippen molar-refractivity contribution in [2.24, 2.45) is 10.2 Å². The first-order chi connectivity index (χ1) is 14.5. The van der Waals surface area contributed by atoms with Gasteiger partial charge in [0.25, 0.3) is 5.69 Å². The van der Waals surface area contributed by atoms with Crippen LogP contribution in [0.4, 0.5) is 22.7 Å². The Kier molecular flexibility index (Phi) is 7.97. The van der Waals surface area contributed by atoms with Gasteiger partial charge in [-0.05, 0) is 37.3 Å². The molecule has 0 amide bonds. The van der Waals surface area contributed by atoms with E-state index in [0.29, 0.717) is 18.7 Å². The Bertz CT molecular complexity index is 1020. The summed E-state index contributed by atoms with van der Waals surface area (Å²) < 4.78 is 4.74. The fraction of sp³-hybridized carbons (Fsp3) is 0.250. The Morgan fingerprint density at radius 2 is 1.90 bits per heavy atom. The van der Waals surface area contributed by atoms with Gasteiger partial charge < -0.3 is 9.64 Å². The van der Waals surface area contributed by atoms with Crippen molar-refractivity contribution in [1.29, 1.82) is 10.5 Å². The standard InChI is InChI=1S/C20H18N6O4/c1-2-25(12-3-10-21)16-6-4-15(5-7-16)23-24-19-9-8-17(26(28)29)14-18(19)20(27)30-13-11-22/h4-9,14H,2-3,12-13H2,1H3/b24-23+. The average molecular weight is 406 g/mol. The average Bonchev–Trinajstić information content (AvgIpc) is 2.77. The second-order valence-corrected chi connectivity index (χ2v) is 5.90. The van der Waals surface area contributed by atoms with Crippen LogP contribution < -0.4 is 4.90 Å². The highest BCUT2D eigenvalue weighted by Gasteiger charge is 2.18. The van der Waals surface area contributed by atoms with Gasteiger partial charge in [-0.1, -0.05) is 0 Å². The van der Waals surface area contributed by atoms with Crippen LogP contribution >= 0.6 is 0 Å².